The van der Waals surface area contributed by atoms with E-state index in [4.69, 9.17) is 0 Å². The second-order valence-electron chi connectivity index (χ2n) is 3.93. The molecule has 1 unspecified atom stereocenters. The SMILES string of the molecule is CC(Nc1cccc2n[se]nc12)c1cnccn1. The van der Waals surface area contributed by atoms with E-state index in [0.717, 1.165) is 22.4 Å². The van der Waals surface area contributed by atoms with Gasteiger partial charge in [-0.25, -0.2) is 0 Å². The van der Waals surface area contributed by atoms with Crippen molar-refractivity contribution >= 4 is 31.7 Å². The van der Waals surface area contributed by atoms with Gasteiger partial charge in [-0.15, -0.1) is 0 Å². The summed E-state index contributed by atoms with van der Waals surface area (Å²) in [5.41, 5.74) is 3.86. The van der Waals surface area contributed by atoms with Gasteiger partial charge in [0.25, 0.3) is 0 Å². The van der Waals surface area contributed by atoms with Crippen LogP contribution in [0.25, 0.3) is 11.0 Å². The van der Waals surface area contributed by atoms with Crippen molar-refractivity contribution in [1.82, 2.24) is 17.9 Å². The van der Waals surface area contributed by atoms with E-state index in [1.165, 1.54) is 0 Å². The minimum absolute atomic E-state index is 0.00406. The quantitative estimate of drug-likeness (QED) is 0.745. The Morgan fingerprint density at radius 2 is 2.17 bits per heavy atom. The molecule has 18 heavy (non-hydrogen) atoms. The van der Waals surface area contributed by atoms with E-state index in [-0.39, 0.29) is 21.0 Å². The number of aromatic nitrogens is 4. The number of benzene rings is 1. The Bertz CT molecular complexity index is 652. The van der Waals surface area contributed by atoms with Crippen molar-refractivity contribution in [2.45, 2.75) is 13.0 Å². The molecule has 0 saturated heterocycles. The summed E-state index contributed by atoms with van der Waals surface area (Å²) in [5, 5.41) is 3.41. The van der Waals surface area contributed by atoms with Gasteiger partial charge in [-0.2, -0.15) is 0 Å². The molecular weight excluding hydrogens is 293 g/mol. The Kier molecular flexibility index (Phi) is 3.04. The van der Waals surface area contributed by atoms with Crippen molar-refractivity contribution in [2.75, 3.05) is 5.32 Å². The zero-order valence-electron chi connectivity index (χ0n) is 9.74. The van der Waals surface area contributed by atoms with E-state index in [0.29, 0.717) is 0 Å². The first-order valence-electron chi connectivity index (χ1n) is 5.58. The van der Waals surface area contributed by atoms with Crippen LogP contribution >= 0.6 is 0 Å². The van der Waals surface area contributed by atoms with E-state index < -0.39 is 0 Å². The molecule has 2 aromatic heterocycles. The van der Waals surface area contributed by atoms with Gasteiger partial charge in [-0.3, -0.25) is 0 Å². The van der Waals surface area contributed by atoms with Gasteiger partial charge in [-0.1, -0.05) is 0 Å². The van der Waals surface area contributed by atoms with Crippen molar-refractivity contribution in [3.05, 3.63) is 42.5 Å². The number of rotatable bonds is 3. The summed E-state index contributed by atoms with van der Waals surface area (Å²) in [7, 11) is 0. The molecule has 0 radical (unpaired) electrons. The summed E-state index contributed by atoms with van der Waals surface area (Å²) in [6, 6.07) is 6.09. The molecule has 0 fully saturated rings. The molecule has 0 aliphatic carbocycles. The third-order valence-electron chi connectivity index (χ3n) is 2.68. The van der Waals surface area contributed by atoms with Gasteiger partial charge < -0.3 is 0 Å². The average molecular weight is 304 g/mol. The van der Waals surface area contributed by atoms with Crippen LogP contribution in [0.5, 0.6) is 0 Å². The van der Waals surface area contributed by atoms with E-state index in [1.54, 1.807) is 18.6 Å². The molecule has 2 heterocycles. The van der Waals surface area contributed by atoms with Gasteiger partial charge in [0.2, 0.25) is 0 Å². The Hall–Kier alpha value is -1.78. The van der Waals surface area contributed by atoms with E-state index in [1.807, 2.05) is 18.2 Å². The second-order valence-corrected chi connectivity index (χ2v) is 5.04. The molecule has 6 heteroatoms. The molecule has 0 aliphatic heterocycles. The molecule has 3 rings (SSSR count). The fourth-order valence-corrected chi connectivity index (χ4v) is 2.92. The number of nitrogens with one attached hydrogen (secondary N) is 1. The minimum atomic E-state index is -0.00406. The number of hydrogen-bond acceptors (Lipinski definition) is 5. The molecule has 3 aromatic rings. The third-order valence-corrected chi connectivity index (χ3v) is 3.82. The normalized spacial score (nSPS) is 12.5. The number of fused-ring (bicyclic) bond motifs is 1. The van der Waals surface area contributed by atoms with Crippen LogP contribution in [0.3, 0.4) is 0 Å². The van der Waals surface area contributed by atoms with Gasteiger partial charge in [0.1, 0.15) is 0 Å². The molecule has 1 atom stereocenters. The first-order chi connectivity index (χ1) is 8.84. The molecule has 1 N–H and O–H groups in total. The zero-order valence-corrected chi connectivity index (χ0v) is 11.5. The van der Waals surface area contributed by atoms with Crippen molar-refractivity contribution < 1.29 is 0 Å². The topological polar surface area (TPSA) is 63.6 Å². The number of hydrogen-bond donors (Lipinski definition) is 1. The van der Waals surface area contributed by atoms with E-state index in [2.05, 4.69) is 30.2 Å². The Morgan fingerprint density at radius 1 is 1.22 bits per heavy atom. The van der Waals surface area contributed by atoms with Crippen LogP contribution in [0.2, 0.25) is 0 Å². The summed E-state index contributed by atoms with van der Waals surface area (Å²) in [6.45, 7) is 2.06. The van der Waals surface area contributed by atoms with E-state index in [9.17, 15) is 0 Å². The van der Waals surface area contributed by atoms with Crippen molar-refractivity contribution in [3.63, 3.8) is 0 Å². The van der Waals surface area contributed by atoms with Crippen LogP contribution in [-0.2, 0) is 0 Å². The molecule has 90 valence electrons. The van der Waals surface area contributed by atoms with Crippen LogP contribution in [0.4, 0.5) is 5.69 Å². The average Bonchev–Trinajstić information content (AvgIpc) is 2.89. The van der Waals surface area contributed by atoms with Crippen molar-refractivity contribution in [2.24, 2.45) is 0 Å². The maximum absolute atomic E-state index is 4.44. The molecule has 0 aliphatic rings. The van der Waals surface area contributed by atoms with Crippen LogP contribution in [0.15, 0.2) is 36.8 Å². The summed E-state index contributed by atoms with van der Waals surface area (Å²) < 4.78 is 8.81. The van der Waals surface area contributed by atoms with Crippen LogP contribution in [0.1, 0.15) is 18.7 Å². The van der Waals surface area contributed by atoms with Crippen LogP contribution < -0.4 is 5.32 Å². The predicted molar refractivity (Wildman–Crippen MR) is 70.5 cm³/mol. The van der Waals surface area contributed by atoms with Crippen LogP contribution in [0, 0.1) is 0 Å². The zero-order chi connectivity index (χ0) is 12.4. The molecule has 0 bridgehead atoms. The van der Waals surface area contributed by atoms with Crippen molar-refractivity contribution in [3.8, 4) is 0 Å². The summed E-state index contributed by atoms with van der Waals surface area (Å²) >= 11 is -0.00406. The standard InChI is InChI=1S/C12H11N5Se/c1-8(11-7-13-5-6-14-11)15-9-3-2-4-10-12(9)17-18-16-10/h2-8,15H,1H3. The summed E-state index contributed by atoms with van der Waals surface area (Å²) in [4.78, 5) is 8.37. The Morgan fingerprint density at radius 3 is 3.00 bits per heavy atom. The van der Waals surface area contributed by atoms with E-state index >= 15 is 0 Å². The molecule has 1 aromatic carbocycles. The molecule has 0 spiro atoms. The second kappa shape index (κ2) is 4.84. The Labute approximate surface area is 111 Å². The first-order valence-corrected chi connectivity index (χ1v) is 7.11. The number of anilines is 1. The molecular formula is C12H11N5Se. The van der Waals surface area contributed by atoms with Crippen LogP contribution in [-0.4, -0.2) is 32.9 Å². The monoisotopic (exact) mass is 305 g/mol. The predicted octanol–water partition coefficient (Wildman–Crippen LogP) is 1.65. The summed E-state index contributed by atoms with van der Waals surface area (Å²) in [5.74, 6) is 0. The number of nitrogens with zero attached hydrogens (tertiary/aromatic N) is 4. The third kappa shape index (κ3) is 2.12. The van der Waals surface area contributed by atoms with Gasteiger partial charge >= 0.3 is 110 Å². The molecule has 0 amide bonds. The van der Waals surface area contributed by atoms with Gasteiger partial charge in [0.05, 0.1) is 0 Å². The first kappa shape index (κ1) is 11.3. The van der Waals surface area contributed by atoms with Gasteiger partial charge in [-0.05, 0) is 0 Å². The fraction of sp³-hybridized carbons (Fsp3) is 0.167. The maximum atomic E-state index is 4.44. The summed E-state index contributed by atoms with van der Waals surface area (Å²) in [6.07, 6.45) is 5.14. The van der Waals surface area contributed by atoms with Crippen molar-refractivity contribution in [1.29, 1.82) is 0 Å². The van der Waals surface area contributed by atoms with Gasteiger partial charge in [0, 0.05) is 0 Å². The molecule has 5 nitrogen and oxygen atoms in total. The Balaban J connectivity index is 1.91. The van der Waals surface area contributed by atoms with Gasteiger partial charge in [0.15, 0.2) is 0 Å². The molecule has 0 saturated carbocycles. The fourth-order valence-electron chi connectivity index (χ4n) is 1.76.